The highest BCUT2D eigenvalue weighted by molar-refractivity contribution is 6.22. The van der Waals surface area contributed by atoms with Crippen LogP contribution in [0.3, 0.4) is 0 Å². The van der Waals surface area contributed by atoms with Gasteiger partial charge in [0.05, 0.1) is 0 Å². The normalized spacial score (nSPS) is 33.9. The summed E-state index contributed by atoms with van der Waals surface area (Å²) in [5.74, 6) is -2.47. The fraction of sp³-hybridized carbons (Fsp3) is 0.400. The zero-order valence-corrected chi connectivity index (χ0v) is 8.94. The average molecular weight is 235 g/mol. The van der Waals surface area contributed by atoms with E-state index in [-0.39, 0.29) is 11.5 Å². The number of alkyl halides is 3. The summed E-state index contributed by atoms with van der Waals surface area (Å²) in [6.07, 6.45) is 0. The molecule has 2 atom stereocenters. The first kappa shape index (κ1) is 10.5. The van der Waals surface area contributed by atoms with Crippen LogP contribution in [0.1, 0.15) is 12.5 Å². The molecule has 82 valence electrons. The second-order valence-corrected chi connectivity index (χ2v) is 4.07. The number of aryl methyl sites for hydroxylation is 1. The highest BCUT2D eigenvalue weighted by Gasteiger charge is 2.57. The third-order valence-electron chi connectivity index (χ3n) is 2.16. The molecule has 0 saturated carbocycles. The lowest BCUT2D eigenvalue weighted by molar-refractivity contribution is -0.220. The molecular weight excluding hydrogens is 226 g/mol. The number of hydrogen-bond acceptors (Lipinski definition) is 2. The van der Waals surface area contributed by atoms with Crippen LogP contribution in [0, 0.1) is 6.92 Å². The molecule has 1 heterocycles. The van der Waals surface area contributed by atoms with E-state index in [1.54, 1.807) is 19.1 Å². The van der Waals surface area contributed by atoms with Crippen molar-refractivity contribution in [2.24, 2.45) is 0 Å². The van der Waals surface area contributed by atoms with E-state index >= 15 is 0 Å². The Morgan fingerprint density at radius 2 is 1.87 bits per heavy atom. The van der Waals surface area contributed by atoms with E-state index in [9.17, 15) is 8.78 Å². The first-order chi connectivity index (χ1) is 6.82. The maximum Gasteiger partial charge on any atom is 0.397 e. The van der Waals surface area contributed by atoms with Gasteiger partial charge in [-0.25, -0.2) is 0 Å². The second-order valence-electron chi connectivity index (χ2n) is 3.59. The lowest BCUT2D eigenvalue weighted by Crippen LogP contribution is -2.52. The minimum atomic E-state index is -3.00. The van der Waals surface area contributed by atoms with Crippen molar-refractivity contribution >= 4 is 11.6 Å². The predicted octanol–water partition coefficient (Wildman–Crippen LogP) is 3.31. The molecule has 0 N–H and O–H groups in total. The fourth-order valence-electron chi connectivity index (χ4n) is 1.27. The van der Waals surface area contributed by atoms with Gasteiger partial charge in [-0.15, -0.1) is 0 Å². The lowest BCUT2D eigenvalue weighted by atomic mass is 10.2. The van der Waals surface area contributed by atoms with Gasteiger partial charge in [0.25, 0.3) is 0 Å². The van der Waals surface area contributed by atoms with Crippen molar-refractivity contribution in [3.05, 3.63) is 23.8 Å². The average Bonchev–Trinajstić information content (AvgIpc) is 2.07. The van der Waals surface area contributed by atoms with Crippen LogP contribution in [-0.4, -0.2) is 11.2 Å². The summed E-state index contributed by atoms with van der Waals surface area (Å²) in [7, 11) is 0. The van der Waals surface area contributed by atoms with Crippen molar-refractivity contribution in [1.82, 2.24) is 0 Å². The smallest absolute Gasteiger partial charge is 0.397 e. The molecule has 1 aliphatic heterocycles. The SMILES string of the molecule is Cc1ccc2c(c1)OC(C)(F)C(F)(Cl)O2. The molecule has 0 radical (unpaired) electrons. The Bertz CT molecular complexity index is 404. The van der Waals surface area contributed by atoms with Gasteiger partial charge in [0.1, 0.15) is 0 Å². The molecule has 0 aromatic heterocycles. The third kappa shape index (κ3) is 1.63. The van der Waals surface area contributed by atoms with Gasteiger partial charge in [-0.1, -0.05) is 6.07 Å². The fourth-order valence-corrected chi connectivity index (χ4v) is 1.40. The van der Waals surface area contributed by atoms with E-state index in [4.69, 9.17) is 16.3 Å². The summed E-state index contributed by atoms with van der Waals surface area (Å²) < 4.78 is 36.6. The van der Waals surface area contributed by atoms with Crippen LogP contribution in [0.2, 0.25) is 0 Å². The Balaban J connectivity index is 2.47. The lowest BCUT2D eigenvalue weighted by Gasteiger charge is -2.36. The molecule has 0 spiro atoms. The summed E-state index contributed by atoms with van der Waals surface area (Å²) in [6.45, 7) is 2.68. The third-order valence-corrected chi connectivity index (χ3v) is 2.57. The van der Waals surface area contributed by atoms with Gasteiger partial charge in [0.15, 0.2) is 11.5 Å². The predicted molar refractivity (Wildman–Crippen MR) is 51.6 cm³/mol. The van der Waals surface area contributed by atoms with Gasteiger partial charge >= 0.3 is 11.2 Å². The first-order valence-electron chi connectivity index (χ1n) is 4.37. The van der Waals surface area contributed by atoms with Crippen molar-refractivity contribution in [2.75, 3.05) is 0 Å². The van der Waals surface area contributed by atoms with Crippen molar-refractivity contribution in [3.63, 3.8) is 0 Å². The number of benzene rings is 1. The molecule has 0 amide bonds. The van der Waals surface area contributed by atoms with Crippen molar-refractivity contribution in [3.8, 4) is 11.5 Å². The molecule has 0 bridgehead atoms. The van der Waals surface area contributed by atoms with Crippen molar-refractivity contribution in [1.29, 1.82) is 0 Å². The molecule has 0 saturated heterocycles. The standard InChI is InChI=1S/C10H9ClF2O2/c1-6-3-4-7-8(5-6)14-9(2,12)10(11,13)15-7/h3-5H,1-2H3. The zero-order valence-electron chi connectivity index (χ0n) is 8.18. The van der Waals surface area contributed by atoms with E-state index in [1.807, 2.05) is 0 Å². The van der Waals surface area contributed by atoms with Gasteiger partial charge < -0.3 is 9.47 Å². The van der Waals surface area contributed by atoms with Crippen LogP contribution in [0.15, 0.2) is 18.2 Å². The van der Waals surface area contributed by atoms with Crippen LogP contribution < -0.4 is 9.47 Å². The Labute approximate surface area is 90.7 Å². The maximum absolute atomic E-state index is 13.6. The van der Waals surface area contributed by atoms with Crippen LogP contribution in [-0.2, 0) is 0 Å². The van der Waals surface area contributed by atoms with Crippen LogP contribution in [0.25, 0.3) is 0 Å². The summed E-state index contributed by atoms with van der Waals surface area (Å²) in [6, 6.07) is 4.73. The van der Waals surface area contributed by atoms with Crippen molar-refractivity contribution in [2.45, 2.75) is 25.0 Å². The Kier molecular flexibility index (Phi) is 2.08. The number of halogens is 3. The molecule has 15 heavy (non-hydrogen) atoms. The topological polar surface area (TPSA) is 18.5 Å². The highest BCUT2D eigenvalue weighted by Crippen LogP contribution is 2.47. The second kappa shape index (κ2) is 2.98. The minimum Gasteiger partial charge on any atom is -0.447 e. The van der Waals surface area contributed by atoms with Gasteiger partial charge in [-0.05, 0) is 36.2 Å². The summed E-state index contributed by atoms with van der Waals surface area (Å²) in [4.78, 5) is 0. The molecular formula is C10H9ClF2O2. The molecule has 2 unspecified atom stereocenters. The first-order valence-corrected chi connectivity index (χ1v) is 4.75. The molecule has 0 fully saturated rings. The number of hydrogen-bond donors (Lipinski definition) is 0. The number of ether oxygens (including phenoxy) is 2. The highest BCUT2D eigenvalue weighted by atomic mass is 35.5. The minimum absolute atomic E-state index is 0.0909. The van der Waals surface area contributed by atoms with E-state index < -0.39 is 11.2 Å². The van der Waals surface area contributed by atoms with Gasteiger partial charge in [0.2, 0.25) is 0 Å². The quantitative estimate of drug-likeness (QED) is 0.641. The van der Waals surface area contributed by atoms with E-state index in [0.29, 0.717) is 0 Å². The largest absolute Gasteiger partial charge is 0.447 e. The molecule has 0 aliphatic carbocycles. The molecule has 1 aliphatic rings. The summed E-state index contributed by atoms with van der Waals surface area (Å²) >= 11 is 5.24. The maximum atomic E-state index is 13.6. The molecule has 2 nitrogen and oxygen atoms in total. The van der Waals surface area contributed by atoms with Gasteiger partial charge in [0, 0.05) is 6.92 Å². The Hall–Kier alpha value is -1.03. The Morgan fingerprint density at radius 1 is 1.20 bits per heavy atom. The molecule has 1 aromatic carbocycles. The number of fused-ring (bicyclic) bond motifs is 1. The van der Waals surface area contributed by atoms with Gasteiger partial charge in [-0.3, -0.25) is 0 Å². The Morgan fingerprint density at radius 3 is 2.53 bits per heavy atom. The van der Waals surface area contributed by atoms with E-state index in [1.165, 1.54) is 6.07 Å². The molecule has 1 aromatic rings. The van der Waals surface area contributed by atoms with Crippen molar-refractivity contribution < 1.29 is 18.3 Å². The van der Waals surface area contributed by atoms with E-state index in [2.05, 4.69) is 4.74 Å². The monoisotopic (exact) mass is 234 g/mol. The van der Waals surface area contributed by atoms with Crippen LogP contribution >= 0.6 is 11.6 Å². The number of rotatable bonds is 0. The summed E-state index contributed by atoms with van der Waals surface area (Å²) in [5.41, 5.74) is 0.856. The molecule has 5 heteroatoms. The van der Waals surface area contributed by atoms with Gasteiger partial charge in [-0.2, -0.15) is 8.78 Å². The summed E-state index contributed by atoms with van der Waals surface area (Å²) in [5, 5.41) is -3.00. The van der Waals surface area contributed by atoms with Crippen LogP contribution in [0.4, 0.5) is 8.78 Å². The zero-order chi connectivity index (χ0) is 11.3. The molecule has 2 rings (SSSR count). The van der Waals surface area contributed by atoms with Crippen LogP contribution in [0.5, 0.6) is 11.5 Å². The van der Waals surface area contributed by atoms with E-state index in [0.717, 1.165) is 12.5 Å².